The van der Waals surface area contributed by atoms with Gasteiger partial charge >= 0.3 is 18.0 Å². The van der Waals surface area contributed by atoms with Crippen LogP contribution < -0.4 is 5.32 Å². The van der Waals surface area contributed by atoms with E-state index in [1.165, 1.54) is 12.0 Å². The van der Waals surface area contributed by atoms with Gasteiger partial charge in [0.1, 0.15) is 24.3 Å². The average molecular weight is 434 g/mol. The number of methoxy groups -OCH3 is 1. The van der Waals surface area contributed by atoms with E-state index in [9.17, 15) is 19.2 Å². The van der Waals surface area contributed by atoms with Gasteiger partial charge in [0.2, 0.25) is 5.91 Å². The van der Waals surface area contributed by atoms with E-state index in [1.807, 2.05) is 30.3 Å². The van der Waals surface area contributed by atoms with Crippen molar-refractivity contribution in [3.8, 4) is 0 Å². The molecular weight excluding hydrogens is 404 g/mol. The molecule has 1 heterocycles. The molecule has 170 valence electrons. The van der Waals surface area contributed by atoms with Crippen LogP contribution in [0.4, 0.5) is 4.79 Å². The van der Waals surface area contributed by atoms with Crippen LogP contribution in [0.2, 0.25) is 0 Å². The van der Waals surface area contributed by atoms with E-state index in [4.69, 9.17) is 14.2 Å². The first-order valence-corrected chi connectivity index (χ1v) is 10.2. The summed E-state index contributed by atoms with van der Waals surface area (Å²) >= 11 is 0. The molecule has 2 atom stereocenters. The van der Waals surface area contributed by atoms with Crippen molar-refractivity contribution in [1.82, 2.24) is 10.2 Å². The summed E-state index contributed by atoms with van der Waals surface area (Å²) in [5.74, 6) is -1.96. The number of carbonyl (C=O) groups is 4. The molecule has 1 aliphatic heterocycles. The average Bonchev–Trinajstić information content (AvgIpc) is 3.20. The highest BCUT2D eigenvalue weighted by Gasteiger charge is 2.37. The minimum atomic E-state index is -1.21. The molecule has 9 heteroatoms. The van der Waals surface area contributed by atoms with Gasteiger partial charge in [-0.1, -0.05) is 30.3 Å². The van der Waals surface area contributed by atoms with Gasteiger partial charge in [-0.15, -0.1) is 0 Å². The molecule has 2 rings (SSSR count). The molecule has 0 unspecified atom stereocenters. The number of hydrogen-bond acceptors (Lipinski definition) is 7. The van der Waals surface area contributed by atoms with E-state index in [1.54, 1.807) is 20.8 Å². The number of nitrogens with one attached hydrogen (secondary N) is 1. The third-order valence-corrected chi connectivity index (χ3v) is 4.59. The van der Waals surface area contributed by atoms with Crippen molar-refractivity contribution in [3.63, 3.8) is 0 Å². The minimum Gasteiger partial charge on any atom is -0.467 e. The Morgan fingerprint density at radius 3 is 2.45 bits per heavy atom. The van der Waals surface area contributed by atoms with E-state index in [0.29, 0.717) is 19.4 Å². The number of amides is 2. The molecular formula is C22H30N2O7. The summed E-state index contributed by atoms with van der Waals surface area (Å²) < 4.78 is 15.2. The Labute approximate surface area is 182 Å². The number of ether oxygens (including phenoxy) is 3. The first-order chi connectivity index (χ1) is 14.6. The molecule has 1 aromatic rings. The molecule has 1 fully saturated rings. The number of carbonyl (C=O) groups excluding carboxylic acids is 4. The highest BCUT2D eigenvalue weighted by atomic mass is 16.6. The summed E-state index contributed by atoms with van der Waals surface area (Å²) in [4.78, 5) is 50.9. The second-order valence-corrected chi connectivity index (χ2v) is 8.27. The fourth-order valence-corrected chi connectivity index (χ4v) is 3.21. The fourth-order valence-electron chi connectivity index (χ4n) is 3.21. The van der Waals surface area contributed by atoms with Crippen LogP contribution in [-0.2, 0) is 35.2 Å². The number of likely N-dealkylation sites (tertiary alicyclic amines) is 1. The van der Waals surface area contributed by atoms with Crippen molar-refractivity contribution in [2.45, 2.75) is 64.3 Å². The van der Waals surface area contributed by atoms with E-state index >= 15 is 0 Å². The number of hydrogen-bond donors (Lipinski definition) is 1. The lowest BCUT2D eigenvalue weighted by Crippen LogP contribution is -2.52. The molecule has 0 aromatic heterocycles. The highest BCUT2D eigenvalue weighted by molar-refractivity contribution is 5.91. The number of rotatable bonds is 7. The molecule has 0 saturated carbocycles. The quantitative estimate of drug-likeness (QED) is 0.517. The zero-order chi connectivity index (χ0) is 23.0. The van der Waals surface area contributed by atoms with Crippen LogP contribution in [0.15, 0.2) is 30.3 Å². The maximum atomic E-state index is 12.8. The summed E-state index contributed by atoms with van der Waals surface area (Å²) in [5.41, 5.74) is 0.103. The van der Waals surface area contributed by atoms with Crippen molar-refractivity contribution in [3.05, 3.63) is 35.9 Å². The lowest BCUT2D eigenvalue weighted by Gasteiger charge is -2.26. The van der Waals surface area contributed by atoms with Crippen molar-refractivity contribution in [2.24, 2.45) is 0 Å². The van der Waals surface area contributed by atoms with Crippen molar-refractivity contribution in [2.75, 3.05) is 13.7 Å². The third kappa shape index (κ3) is 7.58. The third-order valence-electron chi connectivity index (χ3n) is 4.59. The molecule has 1 aliphatic rings. The van der Waals surface area contributed by atoms with Gasteiger partial charge in [0.05, 0.1) is 13.5 Å². The molecule has 2 amide bonds. The summed E-state index contributed by atoms with van der Waals surface area (Å²) in [6.07, 6.45) is 0.0595. The molecule has 0 bridgehead atoms. The Balaban J connectivity index is 1.98. The second kappa shape index (κ2) is 10.8. The minimum absolute atomic E-state index is 0.0912. The van der Waals surface area contributed by atoms with Crippen LogP contribution in [0.5, 0.6) is 0 Å². The van der Waals surface area contributed by atoms with E-state index in [-0.39, 0.29) is 13.0 Å². The van der Waals surface area contributed by atoms with Gasteiger partial charge < -0.3 is 19.5 Å². The summed E-state index contributed by atoms with van der Waals surface area (Å²) in [7, 11) is 1.17. The van der Waals surface area contributed by atoms with Gasteiger partial charge in [0, 0.05) is 6.54 Å². The zero-order valence-corrected chi connectivity index (χ0v) is 18.4. The molecule has 1 N–H and O–H groups in total. The van der Waals surface area contributed by atoms with Crippen LogP contribution >= 0.6 is 0 Å². The molecule has 0 radical (unpaired) electrons. The van der Waals surface area contributed by atoms with Crippen molar-refractivity contribution < 1.29 is 33.4 Å². The van der Waals surface area contributed by atoms with E-state index in [2.05, 4.69) is 5.32 Å². The maximum Gasteiger partial charge on any atom is 0.410 e. The largest absolute Gasteiger partial charge is 0.467 e. The Bertz CT molecular complexity index is 789. The number of esters is 2. The zero-order valence-electron chi connectivity index (χ0n) is 18.4. The Kier molecular flexibility index (Phi) is 8.41. The summed E-state index contributed by atoms with van der Waals surface area (Å²) in [6.45, 7) is 5.56. The Hall–Kier alpha value is -3.10. The normalized spacial score (nSPS) is 16.9. The lowest BCUT2D eigenvalue weighted by atomic mass is 10.1. The van der Waals surface area contributed by atoms with Crippen LogP contribution in [0.1, 0.15) is 45.6 Å². The van der Waals surface area contributed by atoms with Crippen LogP contribution in [0.3, 0.4) is 0 Å². The fraction of sp³-hybridized carbons (Fsp3) is 0.545. The van der Waals surface area contributed by atoms with Gasteiger partial charge in [-0.25, -0.2) is 9.59 Å². The van der Waals surface area contributed by atoms with Crippen molar-refractivity contribution >= 4 is 23.9 Å². The topological polar surface area (TPSA) is 111 Å². The van der Waals surface area contributed by atoms with Gasteiger partial charge in [-0.05, 0) is 39.2 Å². The van der Waals surface area contributed by atoms with Gasteiger partial charge in [0.25, 0.3) is 0 Å². The molecule has 9 nitrogen and oxygen atoms in total. The predicted octanol–water partition coefficient (Wildman–Crippen LogP) is 2.18. The Morgan fingerprint density at radius 2 is 1.84 bits per heavy atom. The standard InChI is InChI=1S/C22H30N2O7/c1-22(2,3)31-18(25)13-16(20(27)29-4)23-19(26)17-11-8-12-24(17)21(28)30-14-15-9-6-5-7-10-15/h5-7,9-10,16-17H,8,11-14H2,1-4H3,(H,23,26)/t16-,17+/m0/s1. The van der Waals surface area contributed by atoms with Gasteiger partial charge in [0.15, 0.2) is 0 Å². The van der Waals surface area contributed by atoms with E-state index in [0.717, 1.165) is 5.56 Å². The summed E-state index contributed by atoms with van der Waals surface area (Å²) in [5, 5.41) is 2.52. The van der Waals surface area contributed by atoms with Crippen LogP contribution in [-0.4, -0.2) is 60.2 Å². The molecule has 1 aromatic carbocycles. The summed E-state index contributed by atoms with van der Waals surface area (Å²) in [6, 6.07) is 7.20. The second-order valence-electron chi connectivity index (χ2n) is 8.27. The first-order valence-electron chi connectivity index (χ1n) is 10.2. The van der Waals surface area contributed by atoms with Crippen molar-refractivity contribution in [1.29, 1.82) is 0 Å². The monoisotopic (exact) mass is 434 g/mol. The number of nitrogens with zero attached hydrogens (tertiary/aromatic N) is 1. The molecule has 0 spiro atoms. The maximum absolute atomic E-state index is 12.8. The molecule has 0 aliphatic carbocycles. The predicted molar refractivity (Wildman–Crippen MR) is 111 cm³/mol. The SMILES string of the molecule is COC(=O)[C@H](CC(=O)OC(C)(C)C)NC(=O)[C@H]1CCCN1C(=O)OCc1ccccc1. The van der Waals surface area contributed by atoms with E-state index < -0.39 is 41.6 Å². The highest BCUT2D eigenvalue weighted by Crippen LogP contribution is 2.20. The van der Waals surface area contributed by atoms with Crippen LogP contribution in [0.25, 0.3) is 0 Å². The van der Waals surface area contributed by atoms with Gasteiger partial charge in [-0.3, -0.25) is 14.5 Å². The smallest absolute Gasteiger partial charge is 0.410 e. The Morgan fingerprint density at radius 1 is 1.16 bits per heavy atom. The van der Waals surface area contributed by atoms with Crippen LogP contribution in [0, 0.1) is 0 Å². The molecule has 31 heavy (non-hydrogen) atoms. The lowest BCUT2D eigenvalue weighted by molar-refractivity contribution is -0.159. The van der Waals surface area contributed by atoms with Gasteiger partial charge in [-0.2, -0.15) is 0 Å². The number of benzene rings is 1. The molecule has 1 saturated heterocycles. The first kappa shape index (κ1) is 24.2.